The number of carbonyl (C=O) groups is 1. The maximum atomic E-state index is 11.9. The lowest BCUT2D eigenvalue weighted by Crippen LogP contribution is -2.07. The summed E-state index contributed by atoms with van der Waals surface area (Å²) in [5.74, 6) is -0.174. The number of hydrogen-bond acceptors (Lipinski definition) is 2. The Hall–Kier alpha value is -2.86. The molecule has 3 nitrogen and oxygen atoms in total. The fourth-order valence-corrected chi connectivity index (χ4v) is 2.02. The van der Waals surface area contributed by atoms with E-state index < -0.39 is 0 Å². The molecule has 1 N–H and O–H groups in total. The molecule has 2 rings (SSSR count). The van der Waals surface area contributed by atoms with Crippen LogP contribution in [0.5, 0.6) is 0 Å². The van der Waals surface area contributed by atoms with Gasteiger partial charge in [0.05, 0.1) is 12.5 Å². The molecule has 0 saturated heterocycles. The fourth-order valence-electron chi connectivity index (χ4n) is 2.02. The molecule has 110 valence electrons. The minimum atomic E-state index is -0.174. The Morgan fingerprint density at radius 1 is 1.09 bits per heavy atom. The van der Waals surface area contributed by atoms with Gasteiger partial charge in [0.1, 0.15) is 0 Å². The van der Waals surface area contributed by atoms with E-state index in [4.69, 9.17) is 5.26 Å². The summed E-state index contributed by atoms with van der Waals surface area (Å²) in [4.78, 5) is 11.9. The monoisotopic (exact) mass is 290 g/mol. The molecule has 0 spiro atoms. The van der Waals surface area contributed by atoms with Crippen molar-refractivity contribution in [1.29, 1.82) is 5.26 Å². The summed E-state index contributed by atoms with van der Waals surface area (Å²) in [6.45, 7) is 2.11. The number of aryl methyl sites for hydroxylation is 1. The van der Waals surface area contributed by atoms with E-state index in [2.05, 4.69) is 30.4 Å². The number of rotatable bonds is 5. The molecule has 1 amide bonds. The summed E-state index contributed by atoms with van der Waals surface area (Å²) >= 11 is 0. The third kappa shape index (κ3) is 4.60. The molecule has 0 fully saturated rings. The molecule has 0 unspecified atom stereocenters. The Morgan fingerprint density at radius 3 is 2.32 bits per heavy atom. The summed E-state index contributed by atoms with van der Waals surface area (Å²) in [5.41, 5.74) is 3.93. The van der Waals surface area contributed by atoms with Crippen molar-refractivity contribution >= 4 is 17.7 Å². The molecule has 0 bridgehead atoms. The third-order valence-electron chi connectivity index (χ3n) is 3.32. The number of nitriles is 1. The zero-order chi connectivity index (χ0) is 15.8. The van der Waals surface area contributed by atoms with Gasteiger partial charge in [-0.2, -0.15) is 5.26 Å². The summed E-state index contributed by atoms with van der Waals surface area (Å²) in [5, 5.41) is 11.4. The van der Waals surface area contributed by atoms with Gasteiger partial charge in [-0.05, 0) is 41.3 Å². The Labute approximate surface area is 130 Å². The molecule has 2 aromatic carbocycles. The van der Waals surface area contributed by atoms with Gasteiger partial charge in [0.2, 0.25) is 5.91 Å². The maximum Gasteiger partial charge on any atom is 0.248 e. The molecule has 0 aromatic heterocycles. The largest absolute Gasteiger partial charge is 0.323 e. The maximum absolute atomic E-state index is 11.9. The number of benzene rings is 2. The first-order valence-corrected chi connectivity index (χ1v) is 7.25. The molecule has 0 atom stereocenters. The first-order chi connectivity index (χ1) is 10.7. The van der Waals surface area contributed by atoms with Gasteiger partial charge in [0.25, 0.3) is 0 Å². The predicted molar refractivity (Wildman–Crippen MR) is 89.2 cm³/mol. The smallest absolute Gasteiger partial charge is 0.248 e. The lowest BCUT2D eigenvalue weighted by atomic mass is 10.1. The van der Waals surface area contributed by atoms with E-state index in [9.17, 15) is 4.79 Å². The van der Waals surface area contributed by atoms with E-state index in [1.807, 2.05) is 24.3 Å². The zero-order valence-electron chi connectivity index (χ0n) is 12.5. The molecule has 0 saturated carbocycles. The van der Waals surface area contributed by atoms with Gasteiger partial charge in [0.15, 0.2) is 0 Å². The molecule has 0 radical (unpaired) electrons. The minimum absolute atomic E-state index is 0.174. The Morgan fingerprint density at radius 2 is 1.73 bits per heavy atom. The molecule has 22 heavy (non-hydrogen) atoms. The number of amides is 1. The molecular weight excluding hydrogens is 272 g/mol. The molecular formula is C19H18N2O. The van der Waals surface area contributed by atoms with Crippen LogP contribution in [-0.2, 0) is 17.6 Å². The van der Waals surface area contributed by atoms with Crippen molar-refractivity contribution in [3.05, 3.63) is 71.3 Å². The van der Waals surface area contributed by atoms with E-state index in [-0.39, 0.29) is 5.91 Å². The van der Waals surface area contributed by atoms with Crippen molar-refractivity contribution < 1.29 is 4.79 Å². The number of nitrogens with one attached hydrogen (secondary N) is 1. The van der Waals surface area contributed by atoms with Gasteiger partial charge in [-0.25, -0.2) is 0 Å². The van der Waals surface area contributed by atoms with E-state index in [1.54, 1.807) is 18.2 Å². The van der Waals surface area contributed by atoms with Crippen molar-refractivity contribution in [2.75, 3.05) is 5.32 Å². The van der Waals surface area contributed by atoms with Crippen LogP contribution in [0.15, 0.2) is 54.6 Å². The average molecular weight is 290 g/mol. The second-order valence-corrected chi connectivity index (χ2v) is 4.95. The van der Waals surface area contributed by atoms with Crippen LogP contribution in [0.3, 0.4) is 0 Å². The Balaban J connectivity index is 1.94. The van der Waals surface area contributed by atoms with Crippen molar-refractivity contribution in [2.45, 2.75) is 19.8 Å². The number of hydrogen-bond donors (Lipinski definition) is 1. The number of carbonyl (C=O) groups excluding carboxylic acids is 1. The molecule has 0 aliphatic carbocycles. The van der Waals surface area contributed by atoms with Gasteiger partial charge in [-0.1, -0.05) is 43.3 Å². The fraction of sp³-hybridized carbons (Fsp3) is 0.158. The van der Waals surface area contributed by atoms with Gasteiger partial charge in [0, 0.05) is 11.8 Å². The predicted octanol–water partition coefficient (Wildman–Crippen LogP) is 3.97. The van der Waals surface area contributed by atoms with Gasteiger partial charge < -0.3 is 5.32 Å². The standard InChI is InChI=1S/C19H18N2O/c1-2-15-3-5-16(6-4-15)9-12-19(22)21-18-10-7-17(8-11-18)13-14-20/h3-12H,2,13H2,1H3,(H,21,22)/b12-9+. The minimum Gasteiger partial charge on any atom is -0.323 e. The van der Waals surface area contributed by atoms with Crippen molar-refractivity contribution in [3.8, 4) is 6.07 Å². The van der Waals surface area contributed by atoms with Crippen LogP contribution in [-0.4, -0.2) is 5.91 Å². The molecule has 0 heterocycles. The quantitative estimate of drug-likeness (QED) is 0.847. The van der Waals surface area contributed by atoms with E-state index in [0.717, 1.165) is 23.2 Å². The summed E-state index contributed by atoms with van der Waals surface area (Å²) in [6.07, 6.45) is 4.69. The van der Waals surface area contributed by atoms with E-state index in [0.29, 0.717) is 6.42 Å². The Bertz CT molecular complexity index is 692. The number of nitrogens with zero attached hydrogens (tertiary/aromatic N) is 1. The SMILES string of the molecule is CCc1ccc(/C=C/C(=O)Nc2ccc(CC#N)cc2)cc1. The lowest BCUT2D eigenvalue weighted by molar-refractivity contribution is -0.111. The molecule has 0 aliphatic rings. The van der Waals surface area contributed by atoms with Gasteiger partial charge in [-0.3, -0.25) is 4.79 Å². The highest BCUT2D eigenvalue weighted by molar-refractivity contribution is 6.01. The highest BCUT2D eigenvalue weighted by atomic mass is 16.1. The Kier molecular flexibility index (Phi) is 5.50. The highest BCUT2D eigenvalue weighted by Crippen LogP contribution is 2.11. The topological polar surface area (TPSA) is 52.9 Å². The summed E-state index contributed by atoms with van der Waals surface area (Å²) < 4.78 is 0. The third-order valence-corrected chi connectivity index (χ3v) is 3.32. The van der Waals surface area contributed by atoms with E-state index in [1.165, 1.54) is 11.6 Å². The normalized spacial score (nSPS) is 10.4. The van der Waals surface area contributed by atoms with Gasteiger partial charge >= 0.3 is 0 Å². The molecule has 0 aliphatic heterocycles. The lowest BCUT2D eigenvalue weighted by Gasteiger charge is -2.03. The van der Waals surface area contributed by atoms with Crippen LogP contribution in [0.1, 0.15) is 23.6 Å². The average Bonchev–Trinajstić information content (AvgIpc) is 2.55. The summed E-state index contributed by atoms with van der Waals surface area (Å²) in [6, 6.07) is 17.5. The van der Waals surface area contributed by atoms with Crippen LogP contribution in [0.4, 0.5) is 5.69 Å². The van der Waals surface area contributed by atoms with Crippen LogP contribution >= 0.6 is 0 Å². The molecule has 2 aromatic rings. The van der Waals surface area contributed by atoms with Crippen LogP contribution < -0.4 is 5.32 Å². The van der Waals surface area contributed by atoms with Gasteiger partial charge in [-0.15, -0.1) is 0 Å². The highest BCUT2D eigenvalue weighted by Gasteiger charge is 1.98. The van der Waals surface area contributed by atoms with Crippen molar-refractivity contribution in [2.24, 2.45) is 0 Å². The van der Waals surface area contributed by atoms with Crippen LogP contribution in [0.25, 0.3) is 6.08 Å². The summed E-state index contributed by atoms with van der Waals surface area (Å²) in [7, 11) is 0. The van der Waals surface area contributed by atoms with Crippen LogP contribution in [0, 0.1) is 11.3 Å². The number of anilines is 1. The zero-order valence-corrected chi connectivity index (χ0v) is 12.5. The molecule has 3 heteroatoms. The first-order valence-electron chi connectivity index (χ1n) is 7.25. The second-order valence-electron chi connectivity index (χ2n) is 4.95. The van der Waals surface area contributed by atoms with Crippen molar-refractivity contribution in [3.63, 3.8) is 0 Å². The first kappa shape index (κ1) is 15.5. The second kappa shape index (κ2) is 7.80. The van der Waals surface area contributed by atoms with Crippen molar-refractivity contribution in [1.82, 2.24) is 0 Å². The van der Waals surface area contributed by atoms with E-state index >= 15 is 0 Å². The van der Waals surface area contributed by atoms with Crippen LogP contribution in [0.2, 0.25) is 0 Å².